The van der Waals surface area contributed by atoms with E-state index in [9.17, 15) is 0 Å². The van der Waals surface area contributed by atoms with Crippen LogP contribution in [-0.4, -0.2) is 82.0 Å². The van der Waals surface area contributed by atoms with E-state index in [0.717, 1.165) is 18.3 Å². The van der Waals surface area contributed by atoms with E-state index in [1.165, 1.54) is 52.5 Å². The molecule has 0 spiro atoms. The van der Waals surface area contributed by atoms with Crippen LogP contribution < -0.4 is 64.2 Å². The molecule has 11 heteroatoms. The molecule has 223 valence electrons. The molecule has 0 aromatic heterocycles. The number of aromatic amines is 1. The van der Waals surface area contributed by atoms with Crippen molar-refractivity contribution >= 4 is 62.9 Å². The van der Waals surface area contributed by atoms with E-state index in [4.69, 9.17) is 10.1 Å². The minimum Gasteiger partial charge on any atom is -1.00 e. The van der Waals surface area contributed by atoms with Gasteiger partial charge in [-0.25, -0.2) is 19.1 Å². The Labute approximate surface area is 294 Å². The van der Waals surface area contributed by atoms with Gasteiger partial charge in [0, 0.05) is 91.5 Å². The van der Waals surface area contributed by atoms with Crippen LogP contribution in [0.2, 0.25) is 0 Å². The molecule has 0 saturated carbocycles. The van der Waals surface area contributed by atoms with E-state index >= 15 is 0 Å². The third-order valence-corrected chi connectivity index (χ3v) is 9.04. The molecule has 4 aliphatic rings. The maximum Gasteiger partial charge on any atom is 1.00 e. The summed E-state index contributed by atoms with van der Waals surface area (Å²) in [7, 11) is 17.5. The summed E-state index contributed by atoms with van der Waals surface area (Å²) >= 11 is 3.63. The van der Waals surface area contributed by atoms with E-state index in [-0.39, 0.29) is 39.4 Å². The molecule has 0 bridgehead atoms. The van der Waals surface area contributed by atoms with Crippen molar-refractivity contribution in [3.8, 4) is 21.1 Å². The summed E-state index contributed by atoms with van der Waals surface area (Å²) in [6.45, 7) is 0. The standard InChI is InChI=1S/2C16H18N3S.CH4O.B.Na.H/c2*1-18(2)11-5-7-13-15(9-11)20-16-10-12(19(3)4)6-8-14(16)17-13;1-2;;;/h2*5-10H,1-4H3;2H,1H3;;;/q2*+1;;;+1;-1/p+1. The van der Waals surface area contributed by atoms with Crippen molar-refractivity contribution in [3.05, 3.63) is 83.5 Å². The van der Waals surface area contributed by atoms with Crippen molar-refractivity contribution in [2.75, 3.05) is 73.3 Å². The maximum absolute atomic E-state index is 7.00. The first-order valence-electron chi connectivity index (χ1n) is 13.6. The van der Waals surface area contributed by atoms with E-state index in [1.807, 2.05) is 11.3 Å². The Morgan fingerprint density at radius 2 is 1.20 bits per heavy atom. The molecule has 2 N–H and O–H groups in total. The van der Waals surface area contributed by atoms with Crippen molar-refractivity contribution in [3.63, 3.8) is 0 Å². The number of aromatic nitrogens is 2. The second-order valence-corrected chi connectivity index (χ2v) is 12.9. The van der Waals surface area contributed by atoms with Crippen molar-refractivity contribution in [1.82, 2.24) is 14.1 Å². The van der Waals surface area contributed by atoms with Gasteiger partial charge in [0.05, 0.1) is 20.8 Å². The number of nitrogens with one attached hydrogen (secondary N) is 1. The molecule has 0 atom stereocenters. The van der Waals surface area contributed by atoms with Crippen LogP contribution in [0.1, 0.15) is 1.43 Å². The summed E-state index contributed by atoms with van der Waals surface area (Å²) in [5.41, 5.74) is 6.93. The second kappa shape index (κ2) is 16.5. The Bertz CT molecular complexity index is 1800. The summed E-state index contributed by atoms with van der Waals surface area (Å²) in [5.74, 6) is 0. The van der Waals surface area contributed by atoms with Crippen LogP contribution in [0.15, 0.2) is 72.8 Å². The molecule has 0 amide bonds. The van der Waals surface area contributed by atoms with Crippen LogP contribution in [-0.2, 0) is 0 Å². The third kappa shape index (κ3) is 8.65. The number of rotatable bonds is 2. The van der Waals surface area contributed by atoms with Gasteiger partial charge in [0.1, 0.15) is 37.8 Å². The number of H-pyrrole nitrogens is 1. The van der Waals surface area contributed by atoms with Crippen molar-refractivity contribution < 1.29 is 41.1 Å². The summed E-state index contributed by atoms with van der Waals surface area (Å²) in [6.07, 6.45) is 0. The molecule has 44 heavy (non-hydrogen) atoms. The van der Waals surface area contributed by atoms with E-state index in [0.29, 0.717) is 0 Å². The molecule has 2 aliphatic carbocycles. The predicted octanol–water partition coefficient (Wildman–Crippen LogP) is 0.761. The molecule has 0 fully saturated rings. The second-order valence-electron chi connectivity index (χ2n) is 10.7. The molecule has 2 aromatic rings. The number of nitrogens with zero attached hydrogens (tertiary/aromatic N) is 5. The van der Waals surface area contributed by atoms with Crippen LogP contribution >= 0.6 is 22.7 Å². The van der Waals surface area contributed by atoms with E-state index in [2.05, 4.69) is 153 Å². The van der Waals surface area contributed by atoms with Crippen molar-refractivity contribution in [2.24, 2.45) is 0 Å². The predicted molar refractivity (Wildman–Crippen MR) is 189 cm³/mol. The summed E-state index contributed by atoms with van der Waals surface area (Å²) in [6, 6.07) is 25.9. The van der Waals surface area contributed by atoms with Crippen LogP contribution in [0, 0.1) is 0 Å². The molecule has 0 saturated heterocycles. The normalized spacial score (nSPS) is 10.1. The van der Waals surface area contributed by atoms with E-state index in [1.54, 1.807) is 11.3 Å². The third-order valence-electron chi connectivity index (χ3n) is 6.83. The Hall–Kier alpha value is -2.86. The fourth-order valence-corrected chi connectivity index (χ4v) is 6.46. The molecule has 2 heterocycles. The molecule has 7 nitrogen and oxygen atoms in total. The Balaban J connectivity index is 0.000000401. The topological polar surface area (TPSA) is 59.8 Å². The SMILES string of the molecule is CN(C)c1ccc2[nH+]c3ccc(=[N+](C)C)cc-3sc2c1.CN(C)c1ccc2nc3ccc(=[N+](C)C)cc-3sc2c1.CO.[B].[H-].[Na+]. The molecule has 2 aliphatic heterocycles. The van der Waals surface area contributed by atoms with Gasteiger partial charge < -0.3 is 16.3 Å². The molecule has 3 radical (unpaired) electrons. The average molecular weight is 637 g/mol. The fourth-order valence-electron chi connectivity index (χ4n) is 4.38. The number of anilines is 2. The Morgan fingerprint density at radius 1 is 0.682 bits per heavy atom. The van der Waals surface area contributed by atoms with Gasteiger partial charge >= 0.3 is 29.6 Å². The van der Waals surface area contributed by atoms with Crippen molar-refractivity contribution in [2.45, 2.75) is 0 Å². The van der Waals surface area contributed by atoms with Crippen molar-refractivity contribution in [1.29, 1.82) is 0 Å². The van der Waals surface area contributed by atoms with Gasteiger partial charge in [-0.3, -0.25) is 0 Å². The zero-order valence-electron chi connectivity index (χ0n) is 28.5. The number of benzene rings is 4. The number of aliphatic hydroxyl groups is 1. The minimum absolute atomic E-state index is 0. The number of hydrogen-bond acceptors (Lipinski definition) is 6. The molecular weight excluding hydrogens is 594 g/mol. The molecule has 2 aromatic carbocycles. The average Bonchev–Trinajstić information content (AvgIpc) is 2.98. The quantitative estimate of drug-likeness (QED) is 0.173. The summed E-state index contributed by atoms with van der Waals surface area (Å²) in [4.78, 5) is 15.0. The smallest absolute Gasteiger partial charge is 1.00 e. The number of fused-ring (bicyclic) bond motifs is 4. The monoisotopic (exact) mass is 636 g/mol. The van der Waals surface area contributed by atoms with Crippen LogP contribution in [0.4, 0.5) is 11.4 Å². The first-order valence-corrected chi connectivity index (χ1v) is 15.3. The number of aliphatic hydroxyl groups excluding tert-OH is 1. The first-order chi connectivity index (χ1) is 20.1. The van der Waals surface area contributed by atoms with Gasteiger partial charge in [0.25, 0.3) is 0 Å². The molecular formula is C33H42BN6NaOS2+3. The summed E-state index contributed by atoms with van der Waals surface area (Å²) in [5, 5.41) is 9.43. The first kappa shape index (κ1) is 37.3. The van der Waals surface area contributed by atoms with Gasteiger partial charge in [-0.05, 0) is 36.4 Å². The molecule has 6 rings (SSSR count). The summed E-state index contributed by atoms with van der Waals surface area (Å²) < 4.78 is 6.75. The zero-order valence-corrected chi connectivity index (χ0v) is 31.1. The Kier molecular flexibility index (Phi) is 14.0. The fraction of sp³-hybridized carbons (Fsp3) is 0.273. The van der Waals surface area contributed by atoms with E-state index < -0.39 is 0 Å². The van der Waals surface area contributed by atoms with Gasteiger partial charge in [0.2, 0.25) is 21.9 Å². The molecule has 0 unspecified atom stereocenters. The maximum atomic E-state index is 7.00. The van der Waals surface area contributed by atoms with Gasteiger partial charge in [0.15, 0.2) is 0 Å². The zero-order chi connectivity index (χ0) is 30.6. The van der Waals surface area contributed by atoms with Gasteiger partial charge in [-0.2, -0.15) is 0 Å². The van der Waals surface area contributed by atoms with Crippen LogP contribution in [0.3, 0.4) is 0 Å². The Morgan fingerprint density at radius 3 is 1.80 bits per heavy atom. The van der Waals surface area contributed by atoms with Gasteiger partial charge in [-0.1, -0.05) is 0 Å². The van der Waals surface area contributed by atoms with Gasteiger partial charge in [-0.15, -0.1) is 22.7 Å². The number of hydrogen-bond donors (Lipinski definition) is 1. The largest absolute Gasteiger partial charge is 1.00 e. The minimum atomic E-state index is 0. The van der Waals surface area contributed by atoms with Crippen LogP contribution in [0.5, 0.6) is 0 Å². The van der Waals surface area contributed by atoms with Crippen LogP contribution in [0.25, 0.3) is 41.6 Å².